The van der Waals surface area contributed by atoms with Gasteiger partial charge in [0.1, 0.15) is 0 Å². The minimum atomic E-state index is -0.326. The number of benzene rings is 1. The summed E-state index contributed by atoms with van der Waals surface area (Å²) in [6.07, 6.45) is 0.242. The zero-order valence-corrected chi connectivity index (χ0v) is 10.3. The number of hydrogen-bond acceptors (Lipinski definition) is 3. The van der Waals surface area contributed by atoms with Crippen molar-refractivity contribution in [2.24, 2.45) is 5.73 Å². The van der Waals surface area contributed by atoms with E-state index in [1.165, 1.54) is 0 Å². The van der Waals surface area contributed by atoms with Gasteiger partial charge in [0.05, 0.1) is 6.10 Å². The molecule has 0 spiro atoms. The Morgan fingerprint density at radius 3 is 2.44 bits per heavy atom. The second-order valence-corrected chi connectivity index (χ2v) is 4.12. The predicted octanol–water partition coefficient (Wildman–Crippen LogP) is 2.39. The molecule has 0 saturated heterocycles. The second-order valence-electron chi connectivity index (χ2n) is 3.31. The lowest BCUT2D eigenvalue weighted by Crippen LogP contribution is -2.17. The van der Waals surface area contributed by atoms with E-state index in [9.17, 15) is 0 Å². The third-order valence-electron chi connectivity index (χ3n) is 2.16. The Bertz CT molecular complexity index is 314. The molecule has 0 aromatic heterocycles. The van der Waals surface area contributed by atoms with Crippen molar-refractivity contribution in [2.75, 3.05) is 19.8 Å². The molecule has 0 heterocycles. The van der Waals surface area contributed by atoms with Crippen LogP contribution >= 0.6 is 23.2 Å². The largest absolute Gasteiger partial charge is 0.396 e. The lowest BCUT2D eigenvalue weighted by atomic mass is 10.1. The number of ether oxygens (including phenoxy) is 1. The highest BCUT2D eigenvalue weighted by Crippen LogP contribution is 2.31. The molecule has 16 heavy (non-hydrogen) atoms. The lowest BCUT2D eigenvalue weighted by Gasteiger charge is -2.18. The number of rotatable bonds is 6. The average molecular weight is 264 g/mol. The third kappa shape index (κ3) is 3.61. The Labute approximate surface area is 105 Å². The Kier molecular flexibility index (Phi) is 6.09. The van der Waals surface area contributed by atoms with Crippen molar-refractivity contribution >= 4 is 23.2 Å². The number of aliphatic hydroxyl groups excluding tert-OH is 1. The van der Waals surface area contributed by atoms with Gasteiger partial charge in [-0.1, -0.05) is 29.3 Å². The highest BCUT2D eigenvalue weighted by molar-refractivity contribution is 6.36. The van der Waals surface area contributed by atoms with Gasteiger partial charge in [-0.05, 0) is 18.6 Å². The van der Waals surface area contributed by atoms with Gasteiger partial charge < -0.3 is 15.6 Å². The van der Waals surface area contributed by atoms with Crippen LogP contribution in [0.2, 0.25) is 10.0 Å². The van der Waals surface area contributed by atoms with Crippen LogP contribution in [0.4, 0.5) is 0 Å². The van der Waals surface area contributed by atoms with Crippen molar-refractivity contribution in [2.45, 2.75) is 12.5 Å². The number of aliphatic hydroxyl groups is 1. The van der Waals surface area contributed by atoms with Crippen molar-refractivity contribution in [1.82, 2.24) is 0 Å². The monoisotopic (exact) mass is 263 g/mol. The first-order chi connectivity index (χ1) is 7.70. The van der Waals surface area contributed by atoms with Gasteiger partial charge in [-0.3, -0.25) is 0 Å². The maximum absolute atomic E-state index is 8.67. The van der Waals surface area contributed by atoms with Crippen LogP contribution in [-0.2, 0) is 4.74 Å². The van der Waals surface area contributed by atoms with Crippen molar-refractivity contribution in [3.05, 3.63) is 33.8 Å². The number of halogens is 2. The molecule has 1 aromatic carbocycles. The van der Waals surface area contributed by atoms with Crippen molar-refractivity contribution < 1.29 is 9.84 Å². The summed E-state index contributed by atoms with van der Waals surface area (Å²) in [5.74, 6) is 0. The molecule has 0 aliphatic rings. The average Bonchev–Trinajstić information content (AvgIpc) is 2.26. The standard InChI is InChI=1S/C11H15Cl2NO2/c12-8-3-1-4-9(13)11(8)10(7-14)16-6-2-5-15/h1,3-4,10,15H,2,5-7,14H2. The van der Waals surface area contributed by atoms with Crippen LogP contribution in [0.1, 0.15) is 18.1 Å². The Balaban J connectivity index is 2.78. The van der Waals surface area contributed by atoms with Gasteiger partial charge in [0.15, 0.2) is 0 Å². The molecule has 1 unspecified atom stereocenters. The van der Waals surface area contributed by atoms with Crippen LogP contribution < -0.4 is 5.73 Å². The van der Waals surface area contributed by atoms with Crippen LogP contribution in [0.15, 0.2) is 18.2 Å². The third-order valence-corrected chi connectivity index (χ3v) is 2.82. The molecule has 1 rings (SSSR count). The lowest BCUT2D eigenvalue weighted by molar-refractivity contribution is 0.0490. The summed E-state index contributed by atoms with van der Waals surface area (Å²) in [4.78, 5) is 0. The van der Waals surface area contributed by atoms with E-state index in [0.29, 0.717) is 35.2 Å². The van der Waals surface area contributed by atoms with E-state index in [1.54, 1.807) is 18.2 Å². The SMILES string of the molecule is NCC(OCCCO)c1c(Cl)cccc1Cl. The maximum atomic E-state index is 8.67. The number of hydrogen-bond donors (Lipinski definition) is 2. The highest BCUT2D eigenvalue weighted by atomic mass is 35.5. The minimum Gasteiger partial charge on any atom is -0.396 e. The molecule has 3 nitrogen and oxygen atoms in total. The number of nitrogens with two attached hydrogens (primary N) is 1. The van der Waals surface area contributed by atoms with Crippen LogP contribution in [0, 0.1) is 0 Å². The van der Waals surface area contributed by atoms with E-state index < -0.39 is 0 Å². The molecule has 0 amide bonds. The second kappa shape index (κ2) is 7.09. The van der Waals surface area contributed by atoms with Crippen LogP contribution in [-0.4, -0.2) is 24.9 Å². The minimum absolute atomic E-state index is 0.0908. The van der Waals surface area contributed by atoms with Crippen LogP contribution in [0.25, 0.3) is 0 Å². The Morgan fingerprint density at radius 2 is 1.94 bits per heavy atom. The van der Waals surface area contributed by atoms with Gasteiger partial charge in [-0.2, -0.15) is 0 Å². The van der Waals surface area contributed by atoms with E-state index in [-0.39, 0.29) is 12.7 Å². The van der Waals surface area contributed by atoms with Crippen molar-refractivity contribution in [1.29, 1.82) is 0 Å². The van der Waals surface area contributed by atoms with Gasteiger partial charge in [0.25, 0.3) is 0 Å². The molecule has 1 atom stereocenters. The first-order valence-electron chi connectivity index (χ1n) is 5.07. The summed E-state index contributed by atoms with van der Waals surface area (Å²) in [5, 5.41) is 9.76. The van der Waals surface area contributed by atoms with Gasteiger partial charge in [0, 0.05) is 35.4 Å². The summed E-state index contributed by atoms with van der Waals surface area (Å²) in [7, 11) is 0. The topological polar surface area (TPSA) is 55.5 Å². The summed E-state index contributed by atoms with van der Waals surface area (Å²) in [6.45, 7) is 0.822. The van der Waals surface area contributed by atoms with E-state index in [2.05, 4.69) is 0 Å². The van der Waals surface area contributed by atoms with Crippen molar-refractivity contribution in [3.63, 3.8) is 0 Å². The normalized spacial score (nSPS) is 12.8. The fraction of sp³-hybridized carbons (Fsp3) is 0.455. The predicted molar refractivity (Wildman–Crippen MR) is 65.9 cm³/mol. The quantitative estimate of drug-likeness (QED) is 0.776. The first kappa shape index (κ1) is 13.7. The molecule has 0 radical (unpaired) electrons. The molecule has 3 N–H and O–H groups in total. The molecule has 1 aromatic rings. The van der Waals surface area contributed by atoms with Crippen LogP contribution in [0.5, 0.6) is 0 Å². The first-order valence-corrected chi connectivity index (χ1v) is 5.82. The summed E-state index contributed by atoms with van der Waals surface area (Å²) < 4.78 is 5.53. The fourth-order valence-electron chi connectivity index (χ4n) is 1.38. The summed E-state index contributed by atoms with van der Waals surface area (Å²) >= 11 is 12.1. The molecular formula is C11H15Cl2NO2. The molecule has 0 bridgehead atoms. The van der Waals surface area contributed by atoms with Crippen molar-refractivity contribution in [3.8, 4) is 0 Å². The van der Waals surface area contributed by atoms with E-state index in [1.807, 2.05) is 0 Å². The smallest absolute Gasteiger partial charge is 0.0975 e. The molecule has 0 aliphatic heterocycles. The van der Waals surface area contributed by atoms with Gasteiger partial charge in [-0.25, -0.2) is 0 Å². The fourth-order valence-corrected chi connectivity index (χ4v) is 2.02. The van der Waals surface area contributed by atoms with E-state index in [0.717, 1.165) is 0 Å². The molecular weight excluding hydrogens is 249 g/mol. The molecule has 0 aliphatic carbocycles. The summed E-state index contributed by atoms with van der Waals surface area (Å²) in [6, 6.07) is 5.27. The van der Waals surface area contributed by atoms with Crippen LogP contribution in [0.3, 0.4) is 0 Å². The molecule has 90 valence electrons. The molecule has 0 saturated carbocycles. The maximum Gasteiger partial charge on any atom is 0.0975 e. The summed E-state index contributed by atoms with van der Waals surface area (Å²) in [5.41, 5.74) is 6.33. The molecule has 5 heteroatoms. The molecule has 0 fully saturated rings. The van der Waals surface area contributed by atoms with E-state index in [4.69, 9.17) is 38.8 Å². The zero-order chi connectivity index (χ0) is 12.0. The van der Waals surface area contributed by atoms with Gasteiger partial charge >= 0.3 is 0 Å². The zero-order valence-electron chi connectivity index (χ0n) is 8.83. The Morgan fingerprint density at radius 1 is 1.31 bits per heavy atom. The Hall–Kier alpha value is -0.320. The van der Waals surface area contributed by atoms with Gasteiger partial charge in [0.2, 0.25) is 0 Å². The van der Waals surface area contributed by atoms with E-state index >= 15 is 0 Å². The van der Waals surface area contributed by atoms with Gasteiger partial charge in [-0.15, -0.1) is 0 Å². The highest BCUT2D eigenvalue weighted by Gasteiger charge is 2.16.